The molecule has 5 nitrogen and oxygen atoms in total. The van der Waals surface area contributed by atoms with Gasteiger partial charge in [-0.2, -0.15) is 4.31 Å². The second kappa shape index (κ2) is 5.94. The molecular weight excluding hydrogens is 290 g/mol. The normalized spacial score (nSPS) is 27.1. The van der Waals surface area contributed by atoms with Crippen LogP contribution in [0, 0.1) is 0 Å². The molecule has 1 heterocycles. The third-order valence-electron chi connectivity index (χ3n) is 4.35. The Morgan fingerprint density at radius 1 is 1.19 bits per heavy atom. The van der Waals surface area contributed by atoms with E-state index in [1.165, 1.54) is 0 Å². The van der Waals surface area contributed by atoms with Gasteiger partial charge in [-0.25, -0.2) is 8.42 Å². The topological polar surface area (TPSA) is 55.8 Å². The number of hydrogen-bond donors (Lipinski definition) is 0. The van der Waals surface area contributed by atoms with E-state index in [0.29, 0.717) is 23.8 Å². The van der Waals surface area contributed by atoms with Gasteiger partial charge in [-0.1, -0.05) is 12.8 Å². The highest BCUT2D eigenvalue weighted by molar-refractivity contribution is 7.89. The number of morpholine rings is 1. The lowest BCUT2D eigenvalue weighted by molar-refractivity contribution is -0.0586. The van der Waals surface area contributed by atoms with Gasteiger partial charge in [0.2, 0.25) is 10.0 Å². The Morgan fingerprint density at radius 2 is 1.90 bits per heavy atom. The predicted octanol–water partition coefficient (Wildman–Crippen LogP) is 2.03. The largest absolute Gasteiger partial charge is 0.497 e. The quantitative estimate of drug-likeness (QED) is 0.857. The SMILES string of the molecule is COc1ccc(S(=O)(=O)N2CCO[C@H]3CCCC[C@@H]32)cc1. The lowest BCUT2D eigenvalue weighted by Crippen LogP contribution is -2.54. The molecule has 2 fully saturated rings. The van der Waals surface area contributed by atoms with E-state index < -0.39 is 10.0 Å². The molecule has 0 radical (unpaired) electrons. The van der Waals surface area contributed by atoms with Gasteiger partial charge in [0.25, 0.3) is 0 Å². The summed E-state index contributed by atoms with van der Waals surface area (Å²) in [5, 5.41) is 0. The highest BCUT2D eigenvalue weighted by Gasteiger charge is 2.40. The minimum absolute atomic E-state index is 0.0143. The van der Waals surface area contributed by atoms with Crippen LogP contribution < -0.4 is 4.74 Å². The van der Waals surface area contributed by atoms with Crippen molar-refractivity contribution in [2.45, 2.75) is 42.7 Å². The molecule has 6 heteroatoms. The molecule has 1 aromatic carbocycles. The third-order valence-corrected chi connectivity index (χ3v) is 6.29. The molecular formula is C15H21NO4S. The molecule has 0 unspecified atom stereocenters. The van der Waals surface area contributed by atoms with Crippen molar-refractivity contribution < 1.29 is 17.9 Å². The number of hydrogen-bond acceptors (Lipinski definition) is 4. The Morgan fingerprint density at radius 3 is 2.62 bits per heavy atom. The summed E-state index contributed by atoms with van der Waals surface area (Å²) < 4.78 is 38.2. The Labute approximate surface area is 125 Å². The van der Waals surface area contributed by atoms with Crippen molar-refractivity contribution in [2.75, 3.05) is 20.3 Å². The smallest absolute Gasteiger partial charge is 0.243 e. The van der Waals surface area contributed by atoms with Gasteiger partial charge in [0.05, 0.1) is 30.8 Å². The minimum atomic E-state index is -3.46. The van der Waals surface area contributed by atoms with Crippen LogP contribution in [0.1, 0.15) is 25.7 Å². The molecule has 3 rings (SSSR count). The molecule has 116 valence electrons. The first-order valence-corrected chi connectivity index (χ1v) is 8.84. The van der Waals surface area contributed by atoms with E-state index in [1.807, 2.05) is 0 Å². The Balaban J connectivity index is 1.88. The lowest BCUT2D eigenvalue weighted by atomic mass is 9.91. The van der Waals surface area contributed by atoms with Crippen molar-refractivity contribution in [3.05, 3.63) is 24.3 Å². The molecule has 1 aliphatic carbocycles. The van der Waals surface area contributed by atoms with E-state index in [4.69, 9.17) is 9.47 Å². The molecule has 0 spiro atoms. The number of nitrogens with zero attached hydrogens (tertiary/aromatic N) is 1. The number of rotatable bonds is 3. The van der Waals surface area contributed by atoms with Crippen LogP contribution in [0.4, 0.5) is 0 Å². The standard InChI is InChI=1S/C15H21NO4S/c1-19-12-6-8-13(9-7-12)21(17,18)16-10-11-20-15-5-3-2-4-14(15)16/h6-9,14-15H,2-5,10-11H2,1H3/t14-,15-/m0/s1. The van der Waals surface area contributed by atoms with E-state index in [2.05, 4.69) is 0 Å². The van der Waals surface area contributed by atoms with Gasteiger partial charge in [-0.05, 0) is 37.1 Å². The summed E-state index contributed by atoms with van der Waals surface area (Å²) in [7, 11) is -1.89. The van der Waals surface area contributed by atoms with Gasteiger partial charge in [0, 0.05) is 6.54 Å². The zero-order valence-electron chi connectivity index (χ0n) is 12.2. The van der Waals surface area contributed by atoms with Crippen LogP contribution in [-0.2, 0) is 14.8 Å². The van der Waals surface area contributed by atoms with Gasteiger partial charge in [-0.3, -0.25) is 0 Å². The summed E-state index contributed by atoms with van der Waals surface area (Å²) in [6.07, 6.45) is 4.09. The first-order chi connectivity index (χ1) is 10.1. The number of ether oxygens (including phenoxy) is 2. The van der Waals surface area contributed by atoms with Gasteiger partial charge < -0.3 is 9.47 Å². The summed E-state index contributed by atoms with van der Waals surface area (Å²) in [6.45, 7) is 0.923. The van der Waals surface area contributed by atoms with Crippen molar-refractivity contribution in [3.8, 4) is 5.75 Å². The second-order valence-electron chi connectivity index (χ2n) is 5.55. The fourth-order valence-electron chi connectivity index (χ4n) is 3.24. The Hall–Kier alpha value is -1.11. The van der Waals surface area contributed by atoms with E-state index in [1.54, 1.807) is 35.7 Å². The summed E-state index contributed by atoms with van der Waals surface area (Å²) in [4.78, 5) is 0.328. The third kappa shape index (κ3) is 2.80. The minimum Gasteiger partial charge on any atom is -0.497 e. The van der Waals surface area contributed by atoms with Gasteiger partial charge in [-0.15, -0.1) is 0 Å². The molecule has 0 amide bonds. The maximum absolute atomic E-state index is 12.9. The van der Waals surface area contributed by atoms with Crippen molar-refractivity contribution in [1.82, 2.24) is 4.31 Å². The highest BCUT2D eigenvalue weighted by Crippen LogP contribution is 2.32. The molecule has 0 bridgehead atoms. The van der Waals surface area contributed by atoms with Gasteiger partial charge in [0.15, 0.2) is 0 Å². The maximum Gasteiger partial charge on any atom is 0.243 e. The Bertz CT molecular complexity index is 582. The Kier molecular flexibility index (Phi) is 4.19. The van der Waals surface area contributed by atoms with Crippen molar-refractivity contribution >= 4 is 10.0 Å². The average Bonchev–Trinajstić information content (AvgIpc) is 2.54. The van der Waals surface area contributed by atoms with Crippen LogP contribution in [0.2, 0.25) is 0 Å². The molecule has 1 aliphatic heterocycles. The summed E-state index contributed by atoms with van der Waals surface area (Å²) in [5.74, 6) is 0.659. The predicted molar refractivity (Wildman–Crippen MR) is 78.9 cm³/mol. The molecule has 1 saturated heterocycles. The molecule has 0 aromatic heterocycles. The molecule has 1 aromatic rings. The van der Waals surface area contributed by atoms with Gasteiger partial charge >= 0.3 is 0 Å². The summed E-state index contributed by atoms with van der Waals surface area (Å²) in [5.41, 5.74) is 0. The van der Waals surface area contributed by atoms with Crippen LogP contribution in [0.5, 0.6) is 5.75 Å². The monoisotopic (exact) mass is 311 g/mol. The fraction of sp³-hybridized carbons (Fsp3) is 0.600. The van der Waals surface area contributed by atoms with E-state index in [9.17, 15) is 8.42 Å². The molecule has 2 aliphatic rings. The maximum atomic E-state index is 12.9. The zero-order chi connectivity index (χ0) is 14.9. The van der Waals surface area contributed by atoms with E-state index in [-0.39, 0.29) is 12.1 Å². The van der Waals surface area contributed by atoms with Gasteiger partial charge in [0.1, 0.15) is 5.75 Å². The van der Waals surface area contributed by atoms with Crippen LogP contribution in [0.3, 0.4) is 0 Å². The first-order valence-electron chi connectivity index (χ1n) is 7.40. The molecule has 2 atom stereocenters. The van der Waals surface area contributed by atoms with Crippen LogP contribution in [-0.4, -0.2) is 45.1 Å². The summed E-state index contributed by atoms with van der Waals surface area (Å²) >= 11 is 0. The second-order valence-corrected chi connectivity index (χ2v) is 7.44. The van der Waals surface area contributed by atoms with Crippen molar-refractivity contribution in [1.29, 1.82) is 0 Å². The highest BCUT2D eigenvalue weighted by atomic mass is 32.2. The average molecular weight is 311 g/mol. The number of methoxy groups -OCH3 is 1. The number of benzene rings is 1. The molecule has 1 saturated carbocycles. The van der Waals surface area contributed by atoms with Crippen LogP contribution >= 0.6 is 0 Å². The molecule has 0 N–H and O–H groups in total. The van der Waals surface area contributed by atoms with E-state index in [0.717, 1.165) is 25.7 Å². The number of fused-ring (bicyclic) bond motifs is 1. The fourth-order valence-corrected chi connectivity index (χ4v) is 4.91. The zero-order valence-corrected chi connectivity index (χ0v) is 13.0. The van der Waals surface area contributed by atoms with Crippen molar-refractivity contribution in [2.24, 2.45) is 0 Å². The molecule has 21 heavy (non-hydrogen) atoms. The first kappa shape index (κ1) is 14.8. The van der Waals surface area contributed by atoms with Crippen LogP contribution in [0.15, 0.2) is 29.2 Å². The summed E-state index contributed by atoms with van der Waals surface area (Å²) in [6, 6.07) is 6.58. The van der Waals surface area contributed by atoms with Crippen LogP contribution in [0.25, 0.3) is 0 Å². The van der Waals surface area contributed by atoms with E-state index >= 15 is 0 Å². The number of sulfonamides is 1. The lowest BCUT2D eigenvalue weighted by Gasteiger charge is -2.42. The van der Waals surface area contributed by atoms with Crippen molar-refractivity contribution in [3.63, 3.8) is 0 Å².